The fraction of sp³-hybridized carbons (Fsp3) is 0.273. The fourth-order valence-corrected chi connectivity index (χ4v) is 4.37. The highest BCUT2D eigenvalue weighted by atomic mass is 32.2. The number of aromatic hydroxyl groups is 1. The lowest BCUT2D eigenvalue weighted by molar-refractivity contribution is 0.0529. The van der Waals surface area contributed by atoms with E-state index in [4.69, 9.17) is 23.4 Å². The lowest BCUT2D eigenvalue weighted by Crippen LogP contribution is -2.20. The molecule has 2 aromatic carbocycles. The largest absolute Gasteiger partial charge is 0.503 e. The highest BCUT2D eigenvalue weighted by Crippen LogP contribution is 2.38. The zero-order chi connectivity index (χ0) is 22.5. The molecule has 0 saturated carbocycles. The number of carbonyl (C=O) groups is 1. The van der Waals surface area contributed by atoms with Crippen molar-refractivity contribution >= 4 is 27.8 Å². The first-order valence-electron chi connectivity index (χ1n) is 9.25. The Morgan fingerprint density at radius 3 is 2.32 bits per heavy atom. The van der Waals surface area contributed by atoms with Gasteiger partial charge in [-0.05, 0) is 24.3 Å². The Kier molecular flexibility index (Phi) is 6.96. The van der Waals surface area contributed by atoms with Gasteiger partial charge in [0.1, 0.15) is 24.2 Å². The van der Waals surface area contributed by atoms with Gasteiger partial charge in [-0.15, -0.1) is 0 Å². The van der Waals surface area contributed by atoms with Gasteiger partial charge in [0.15, 0.2) is 17.2 Å². The lowest BCUT2D eigenvalue weighted by atomic mass is 10.2. The molecule has 0 amide bonds. The Morgan fingerprint density at radius 2 is 1.71 bits per heavy atom. The Hall–Kier alpha value is -3.33. The van der Waals surface area contributed by atoms with Crippen molar-refractivity contribution in [2.24, 2.45) is 0 Å². The normalized spacial score (nSPS) is 11.7. The van der Waals surface area contributed by atoms with E-state index in [1.807, 2.05) is 0 Å². The van der Waals surface area contributed by atoms with Crippen LogP contribution in [0.3, 0.4) is 0 Å². The van der Waals surface area contributed by atoms with E-state index in [2.05, 4.69) is 0 Å². The van der Waals surface area contributed by atoms with Crippen molar-refractivity contribution in [3.8, 4) is 23.0 Å². The van der Waals surface area contributed by atoms with Crippen LogP contribution in [0.25, 0.3) is 11.0 Å². The Labute approximate surface area is 181 Å². The van der Waals surface area contributed by atoms with Gasteiger partial charge in [-0.3, -0.25) is 0 Å². The summed E-state index contributed by atoms with van der Waals surface area (Å²) in [4.78, 5) is 25.0. The maximum absolute atomic E-state index is 12.5. The first-order chi connectivity index (χ1) is 14.9. The minimum Gasteiger partial charge on any atom is -0.503 e. The summed E-state index contributed by atoms with van der Waals surface area (Å²) < 4.78 is 26.4. The molecule has 164 valence electrons. The number of fused-ring (bicyclic) bond motifs is 1. The summed E-state index contributed by atoms with van der Waals surface area (Å²) in [6, 6.07) is 9.77. The molecule has 1 heterocycles. The Morgan fingerprint density at radius 1 is 1.06 bits per heavy atom. The smallest absolute Gasteiger partial charge is 0.396 e. The Balaban J connectivity index is 1.73. The van der Waals surface area contributed by atoms with Gasteiger partial charge in [0.2, 0.25) is 5.75 Å². The van der Waals surface area contributed by atoms with Crippen LogP contribution in [0.2, 0.25) is 0 Å². The van der Waals surface area contributed by atoms with Crippen molar-refractivity contribution in [2.45, 2.75) is 4.90 Å². The van der Waals surface area contributed by atoms with E-state index in [-0.39, 0.29) is 22.8 Å². The molecule has 1 unspecified atom stereocenters. The number of carbonyl (C=O) groups excluding carboxylic acids is 1. The molecule has 3 aromatic rings. The van der Waals surface area contributed by atoms with E-state index in [0.717, 1.165) is 0 Å². The van der Waals surface area contributed by atoms with Crippen LogP contribution >= 0.6 is 0 Å². The summed E-state index contributed by atoms with van der Waals surface area (Å²) in [7, 11) is 3.68. The van der Waals surface area contributed by atoms with Crippen LogP contribution < -0.4 is 19.8 Å². The number of hydrogen-bond donors (Lipinski definition) is 1. The molecular weight excluding hydrogens is 424 g/mol. The summed E-state index contributed by atoms with van der Waals surface area (Å²) in [5, 5.41) is 11.0. The molecule has 0 fully saturated rings. The van der Waals surface area contributed by atoms with E-state index in [1.165, 1.54) is 33.5 Å². The van der Waals surface area contributed by atoms with Gasteiger partial charge in [-0.25, -0.2) is 9.59 Å². The van der Waals surface area contributed by atoms with E-state index < -0.39 is 22.5 Å². The van der Waals surface area contributed by atoms with Gasteiger partial charge >= 0.3 is 11.6 Å². The number of para-hydroxylation sites is 1. The molecule has 0 radical (unpaired) electrons. The SMILES string of the molecule is COc1cc(C(=O)OCC[S+](C)c2c(O)c3ccccc3oc2=O)cc(OC)c1OC. The van der Waals surface area contributed by atoms with Gasteiger partial charge in [0, 0.05) is 10.9 Å². The predicted molar refractivity (Wildman–Crippen MR) is 117 cm³/mol. The molecule has 0 saturated heterocycles. The van der Waals surface area contributed by atoms with Crippen molar-refractivity contribution in [2.75, 3.05) is 39.9 Å². The second-order valence-electron chi connectivity index (χ2n) is 6.45. The van der Waals surface area contributed by atoms with E-state index in [9.17, 15) is 14.7 Å². The zero-order valence-corrected chi connectivity index (χ0v) is 18.4. The summed E-state index contributed by atoms with van der Waals surface area (Å²) >= 11 is 0. The summed E-state index contributed by atoms with van der Waals surface area (Å²) in [6.07, 6.45) is 1.79. The van der Waals surface area contributed by atoms with E-state index in [0.29, 0.717) is 34.0 Å². The molecule has 8 nitrogen and oxygen atoms in total. The van der Waals surface area contributed by atoms with Crippen molar-refractivity contribution in [3.63, 3.8) is 0 Å². The Bertz CT molecular complexity index is 1130. The fourth-order valence-electron chi connectivity index (χ4n) is 3.07. The van der Waals surface area contributed by atoms with Crippen molar-refractivity contribution in [1.29, 1.82) is 0 Å². The first kappa shape index (κ1) is 22.4. The number of ether oxygens (including phenoxy) is 4. The number of hydrogen-bond acceptors (Lipinski definition) is 8. The molecule has 1 atom stereocenters. The van der Waals surface area contributed by atoms with Gasteiger partial charge in [-0.1, -0.05) is 12.1 Å². The average molecular weight is 447 g/mol. The molecule has 31 heavy (non-hydrogen) atoms. The van der Waals surface area contributed by atoms with Gasteiger partial charge in [0.05, 0.1) is 32.3 Å². The first-order valence-corrected chi connectivity index (χ1v) is 11.1. The summed E-state index contributed by atoms with van der Waals surface area (Å²) in [5.74, 6) is 0.701. The highest BCUT2D eigenvalue weighted by Gasteiger charge is 2.29. The molecule has 0 aliphatic heterocycles. The van der Waals surface area contributed by atoms with Crippen LogP contribution in [0.5, 0.6) is 23.0 Å². The number of benzene rings is 2. The molecule has 0 bridgehead atoms. The van der Waals surface area contributed by atoms with Crippen molar-refractivity contribution < 1.29 is 33.3 Å². The number of rotatable bonds is 8. The zero-order valence-electron chi connectivity index (χ0n) is 17.6. The lowest BCUT2D eigenvalue weighted by Gasteiger charge is -2.13. The second kappa shape index (κ2) is 9.65. The number of esters is 1. The maximum Gasteiger partial charge on any atom is 0.396 e. The monoisotopic (exact) mass is 447 g/mol. The van der Waals surface area contributed by atoms with Crippen LogP contribution in [-0.2, 0) is 15.6 Å². The second-order valence-corrected chi connectivity index (χ2v) is 8.55. The molecule has 9 heteroatoms. The third-order valence-corrected chi connectivity index (χ3v) is 6.45. The van der Waals surface area contributed by atoms with Crippen LogP contribution in [-0.4, -0.2) is 51.0 Å². The predicted octanol–water partition coefficient (Wildman–Crippen LogP) is 2.99. The third-order valence-electron chi connectivity index (χ3n) is 4.62. The summed E-state index contributed by atoms with van der Waals surface area (Å²) in [5.41, 5.74) is -0.0453. The van der Waals surface area contributed by atoms with Crippen LogP contribution in [0.4, 0.5) is 0 Å². The quantitative estimate of drug-likeness (QED) is 0.319. The molecule has 1 N–H and O–H groups in total. The van der Waals surface area contributed by atoms with Gasteiger partial charge in [0.25, 0.3) is 4.90 Å². The minimum absolute atomic E-state index is 0.0425. The molecule has 0 aliphatic carbocycles. The molecule has 0 aliphatic rings. The van der Waals surface area contributed by atoms with Crippen LogP contribution in [0, 0.1) is 0 Å². The molecule has 0 spiro atoms. The third kappa shape index (κ3) is 4.56. The molecular formula is C22H23O8S+. The molecule has 1 aromatic heterocycles. The average Bonchev–Trinajstić information content (AvgIpc) is 2.77. The highest BCUT2D eigenvalue weighted by molar-refractivity contribution is 7.96. The molecule has 3 rings (SSSR count). The maximum atomic E-state index is 12.5. The van der Waals surface area contributed by atoms with E-state index in [1.54, 1.807) is 30.5 Å². The van der Waals surface area contributed by atoms with E-state index >= 15 is 0 Å². The van der Waals surface area contributed by atoms with Crippen molar-refractivity contribution in [3.05, 3.63) is 52.4 Å². The van der Waals surface area contributed by atoms with Crippen LogP contribution in [0.15, 0.2) is 50.5 Å². The van der Waals surface area contributed by atoms with Crippen molar-refractivity contribution in [1.82, 2.24) is 0 Å². The number of methoxy groups -OCH3 is 3. The van der Waals surface area contributed by atoms with Gasteiger partial charge in [-0.2, -0.15) is 0 Å². The van der Waals surface area contributed by atoms with Gasteiger partial charge < -0.3 is 28.5 Å². The minimum atomic E-state index is -0.705. The standard InChI is InChI=1S/C22H22O8S/c1-26-16-11-13(12-17(27-2)19(16)28-3)21(24)29-9-10-31(4)20-18(23)14-7-5-6-8-15(14)30-22(20)25/h5-8,11-12H,9-10H2,1-4H3/p+1. The summed E-state index contributed by atoms with van der Waals surface area (Å²) in [6.45, 7) is 0.0425. The topological polar surface area (TPSA) is 104 Å². The van der Waals surface area contributed by atoms with Crippen LogP contribution in [0.1, 0.15) is 10.4 Å².